The number of nitrogens with zero attached hydrogens (tertiary/aromatic N) is 1. The number of likely N-dealkylation sites (N-methyl/N-ethyl adjacent to an activating group) is 1. The van der Waals surface area contributed by atoms with Crippen LogP contribution in [0.5, 0.6) is 0 Å². The van der Waals surface area contributed by atoms with Gasteiger partial charge in [-0.1, -0.05) is 27.2 Å². The third-order valence-corrected chi connectivity index (χ3v) is 5.55. The van der Waals surface area contributed by atoms with Gasteiger partial charge in [0.2, 0.25) is 0 Å². The highest BCUT2D eigenvalue weighted by Gasteiger charge is 2.42. The fraction of sp³-hybridized carbons (Fsp3) is 1.00. The minimum Gasteiger partial charge on any atom is -0.380 e. The van der Waals surface area contributed by atoms with E-state index in [0.717, 1.165) is 6.54 Å². The average molecular weight is 268 g/mol. The van der Waals surface area contributed by atoms with E-state index in [4.69, 9.17) is 4.74 Å². The van der Waals surface area contributed by atoms with E-state index in [2.05, 4.69) is 38.0 Å². The lowest BCUT2D eigenvalue weighted by Gasteiger charge is -2.50. The number of hydrogen-bond acceptors (Lipinski definition) is 3. The molecule has 3 heteroatoms. The maximum atomic E-state index is 5.68. The third-order valence-electron chi connectivity index (χ3n) is 5.55. The van der Waals surface area contributed by atoms with Crippen LogP contribution in [0.4, 0.5) is 0 Å². The molecule has 1 heterocycles. The quantitative estimate of drug-likeness (QED) is 0.851. The molecule has 4 unspecified atom stereocenters. The van der Waals surface area contributed by atoms with Gasteiger partial charge in [0.1, 0.15) is 0 Å². The van der Waals surface area contributed by atoms with Crippen LogP contribution in [-0.4, -0.2) is 50.3 Å². The summed E-state index contributed by atoms with van der Waals surface area (Å²) in [5.41, 5.74) is 0.406. The largest absolute Gasteiger partial charge is 0.380 e. The minimum atomic E-state index is 0.406. The second-order valence-corrected chi connectivity index (χ2v) is 7.25. The predicted molar refractivity (Wildman–Crippen MR) is 80.4 cm³/mol. The average Bonchev–Trinajstić information content (AvgIpc) is 2.38. The maximum Gasteiger partial charge on any atom is 0.0724 e. The number of likely N-dealkylation sites (tertiary alicyclic amines) is 1. The molecule has 1 aliphatic heterocycles. The van der Waals surface area contributed by atoms with Crippen molar-refractivity contribution < 1.29 is 4.74 Å². The molecular formula is C16H32N2O. The first-order chi connectivity index (χ1) is 8.99. The highest BCUT2D eigenvalue weighted by molar-refractivity contribution is 4.99. The molecule has 19 heavy (non-hydrogen) atoms. The van der Waals surface area contributed by atoms with Gasteiger partial charge in [-0.25, -0.2) is 0 Å². The van der Waals surface area contributed by atoms with E-state index in [1.807, 2.05) is 7.11 Å². The van der Waals surface area contributed by atoms with Crippen molar-refractivity contribution in [3.63, 3.8) is 0 Å². The molecule has 0 radical (unpaired) electrons. The van der Waals surface area contributed by atoms with Crippen LogP contribution < -0.4 is 5.32 Å². The molecule has 0 aromatic rings. The van der Waals surface area contributed by atoms with Crippen LogP contribution in [0, 0.1) is 11.3 Å². The Kier molecular flexibility index (Phi) is 4.91. The van der Waals surface area contributed by atoms with Crippen molar-refractivity contribution in [2.24, 2.45) is 11.3 Å². The zero-order valence-corrected chi connectivity index (χ0v) is 13.4. The van der Waals surface area contributed by atoms with Gasteiger partial charge in [0, 0.05) is 25.7 Å². The van der Waals surface area contributed by atoms with Gasteiger partial charge in [0.05, 0.1) is 6.10 Å². The second-order valence-electron chi connectivity index (χ2n) is 7.25. The van der Waals surface area contributed by atoms with Crippen molar-refractivity contribution in [2.45, 2.75) is 64.6 Å². The van der Waals surface area contributed by atoms with Crippen LogP contribution in [0.25, 0.3) is 0 Å². The third kappa shape index (κ3) is 3.14. The summed E-state index contributed by atoms with van der Waals surface area (Å²) >= 11 is 0. The van der Waals surface area contributed by atoms with E-state index in [-0.39, 0.29) is 0 Å². The number of rotatable bonds is 3. The number of ether oxygens (including phenoxy) is 1. The van der Waals surface area contributed by atoms with E-state index in [1.165, 1.54) is 32.2 Å². The van der Waals surface area contributed by atoms with Gasteiger partial charge >= 0.3 is 0 Å². The molecule has 1 saturated carbocycles. The van der Waals surface area contributed by atoms with Crippen LogP contribution in [0.3, 0.4) is 0 Å². The van der Waals surface area contributed by atoms with Crippen molar-refractivity contribution >= 4 is 0 Å². The van der Waals surface area contributed by atoms with Gasteiger partial charge in [0.25, 0.3) is 0 Å². The molecule has 2 rings (SSSR count). The van der Waals surface area contributed by atoms with E-state index < -0.39 is 0 Å². The standard InChI is InChI=1S/C16H32N2O/c1-12-8-10-18(11-14(12)19-5)13-7-6-9-16(2,3)15(13)17-4/h12-15,17H,6-11H2,1-5H3. The van der Waals surface area contributed by atoms with E-state index in [9.17, 15) is 0 Å². The first kappa shape index (κ1) is 15.3. The highest BCUT2D eigenvalue weighted by Crippen LogP contribution is 2.38. The molecule has 2 fully saturated rings. The fourth-order valence-corrected chi connectivity index (χ4v) is 4.25. The topological polar surface area (TPSA) is 24.5 Å². The smallest absolute Gasteiger partial charge is 0.0724 e. The number of nitrogens with one attached hydrogen (secondary N) is 1. The minimum absolute atomic E-state index is 0.406. The number of hydrogen-bond donors (Lipinski definition) is 1. The highest BCUT2D eigenvalue weighted by atomic mass is 16.5. The first-order valence-corrected chi connectivity index (χ1v) is 7.93. The lowest BCUT2D eigenvalue weighted by molar-refractivity contribution is -0.0426. The summed E-state index contributed by atoms with van der Waals surface area (Å²) in [7, 11) is 4.00. The van der Waals surface area contributed by atoms with Crippen molar-refractivity contribution in [3.8, 4) is 0 Å². The Bertz CT molecular complexity index is 292. The zero-order chi connectivity index (χ0) is 14.0. The Hall–Kier alpha value is -0.120. The molecule has 4 atom stereocenters. The predicted octanol–water partition coefficient (Wildman–Crippen LogP) is 2.51. The lowest BCUT2D eigenvalue weighted by Crippen LogP contribution is -2.61. The number of piperidine rings is 1. The van der Waals surface area contributed by atoms with Crippen LogP contribution >= 0.6 is 0 Å². The Balaban J connectivity index is 2.07. The summed E-state index contributed by atoms with van der Waals surface area (Å²) < 4.78 is 5.68. The molecular weight excluding hydrogens is 236 g/mol. The van der Waals surface area contributed by atoms with Gasteiger partial charge in [-0.15, -0.1) is 0 Å². The zero-order valence-electron chi connectivity index (χ0n) is 13.4. The Morgan fingerprint density at radius 1 is 1.26 bits per heavy atom. The Morgan fingerprint density at radius 2 is 2.00 bits per heavy atom. The van der Waals surface area contributed by atoms with Crippen LogP contribution in [0.2, 0.25) is 0 Å². The second kappa shape index (κ2) is 6.11. The normalized spacial score (nSPS) is 40.3. The van der Waals surface area contributed by atoms with Crippen LogP contribution in [0.15, 0.2) is 0 Å². The van der Waals surface area contributed by atoms with E-state index in [0.29, 0.717) is 29.5 Å². The van der Waals surface area contributed by atoms with E-state index in [1.54, 1.807) is 0 Å². The van der Waals surface area contributed by atoms with Crippen molar-refractivity contribution in [1.82, 2.24) is 10.2 Å². The summed E-state index contributed by atoms with van der Waals surface area (Å²) in [6.07, 6.45) is 5.72. The van der Waals surface area contributed by atoms with Gasteiger partial charge in [-0.05, 0) is 44.2 Å². The fourth-order valence-electron chi connectivity index (χ4n) is 4.25. The molecule has 1 saturated heterocycles. The maximum absolute atomic E-state index is 5.68. The number of methoxy groups -OCH3 is 1. The molecule has 0 aromatic heterocycles. The van der Waals surface area contributed by atoms with Crippen molar-refractivity contribution in [3.05, 3.63) is 0 Å². The molecule has 1 aliphatic carbocycles. The van der Waals surface area contributed by atoms with Gasteiger partial charge < -0.3 is 10.1 Å². The molecule has 1 N–H and O–H groups in total. The Labute approximate surface area is 119 Å². The molecule has 2 aliphatic rings. The summed E-state index contributed by atoms with van der Waals surface area (Å²) in [5, 5.41) is 3.60. The van der Waals surface area contributed by atoms with Crippen LogP contribution in [0.1, 0.15) is 46.5 Å². The van der Waals surface area contributed by atoms with Crippen molar-refractivity contribution in [1.29, 1.82) is 0 Å². The first-order valence-electron chi connectivity index (χ1n) is 7.93. The molecule has 0 spiro atoms. The molecule has 3 nitrogen and oxygen atoms in total. The van der Waals surface area contributed by atoms with Gasteiger partial charge in [-0.3, -0.25) is 4.90 Å². The summed E-state index contributed by atoms with van der Waals surface area (Å²) in [4.78, 5) is 2.69. The van der Waals surface area contributed by atoms with Gasteiger partial charge in [0.15, 0.2) is 0 Å². The SMILES string of the molecule is CNC1C(N2CCC(C)C(OC)C2)CCCC1(C)C. The molecule has 0 aromatic carbocycles. The molecule has 112 valence electrons. The molecule has 0 bridgehead atoms. The van der Waals surface area contributed by atoms with E-state index >= 15 is 0 Å². The lowest BCUT2D eigenvalue weighted by atomic mass is 9.70. The summed E-state index contributed by atoms with van der Waals surface area (Å²) in [5.74, 6) is 0.700. The monoisotopic (exact) mass is 268 g/mol. The van der Waals surface area contributed by atoms with Crippen LogP contribution in [-0.2, 0) is 4.74 Å². The summed E-state index contributed by atoms with van der Waals surface area (Å²) in [6, 6.07) is 1.28. The molecule has 0 amide bonds. The summed E-state index contributed by atoms with van der Waals surface area (Å²) in [6.45, 7) is 9.50. The Morgan fingerprint density at radius 3 is 2.63 bits per heavy atom. The van der Waals surface area contributed by atoms with Gasteiger partial charge in [-0.2, -0.15) is 0 Å². The van der Waals surface area contributed by atoms with Crippen molar-refractivity contribution in [2.75, 3.05) is 27.2 Å².